The van der Waals surface area contributed by atoms with Gasteiger partial charge in [-0.2, -0.15) is 10.2 Å². The van der Waals surface area contributed by atoms with Gasteiger partial charge in [0.15, 0.2) is 0 Å². The zero-order valence-corrected chi connectivity index (χ0v) is 11.8. The quantitative estimate of drug-likeness (QED) is 0.643. The first-order chi connectivity index (χ1) is 8.63. The number of nitrogens with zero attached hydrogens (tertiary/aromatic N) is 4. The SMILES string of the molecule is CCn1ncc(Br)c1/C=C/C(=O)c1ccnn1C. The predicted molar refractivity (Wildman–Crippen MR) is 72.2 cm³/mol. The van der Waals surface area contributed by atoms with Crippen molar-refractivity contribution in [2.45, 2.75) is 13.5 Å². The Kier molecular flexibility index (Phi) is 3.76. The molecule has 5 nitrogen and oxygen atoms in total. The molecule has 0 N–H and O–H groups in total. The Morgan fingerprint density at radius 1 is 1.50 bits per heavy atom. The minimum absolute atomic E-state index is 0.0780. The van der Waals surface area contributed by atoms with Crippen molar-refractivity contribution in [3.63, 3.8) is 0 Å². The minimum atomic E-state index is -0.0780. The lowest BCUT2D eigenvalue weighted by molar-refractivity contribution is 0.103. The van der Waals surface area contributed by atoms with E-state index in [1.165, 1.54) is 6.08 Å². The Labute approximate surface area is 113 Å². The molecule has 0 atom stereocenters. The van der Waals surface area contributed by atoms with E-state index in [1.54, 1.807) is 36.3 Å². The molecular formula is C12H13BrN4O. The maximum absolute atomic E-state index is 11.9. The second-order valence-corrected chi connectivity index (χ2v) is 4.59. The second kappa shape index (κ2) is 5.30. The molecule has 0 unspecified atom stereocenters. The number of allylic oxidation sites excluding steroid dienone is 1. The lowest BCUT2D eigenvalue weighted by Crippen LogP contribution is -2.04. The number of ketones is 1. The van der Waals surface area contributed by atoms with Crippen LogP contribution >= 0.6 is 15.9 Å². The Morgan fingerprint density at radius 3 is 2.89 bits per heavy atom. The Morgan fingerprint density at radius 2 is 2.28 bits per heavy atom. The number of hydrogen-bond acceptors (Lipinski definition) is 3. The van der Waals surface area contributed by atoms with Gasteiger partial charge in [-0.1, -0.05) is 0 Å². The molecule has 18 heavy (non-hydrogen) atoms. The van der Waals surface area contributed by atoms with Crippen molar-refractivity contribution in [2.24, 2.45) is 7.05 Å². The van der Waals surface area contributed by atoms with Gasteiger partial charge in [0.1, 0.15) is 5.69 Å². The molecular weight excluding hydrogens is 296 g/mol. The van der Waals surface area contributed by atoms with Gasteiger partial charge in [-0.25, -0.2) is 0 Å². The van der Waals surface area contributed by atoms with Crippen LogP contribution in [0.3, 0.4) is 0 Å². The van der Waals surface area contributed by atoms with Gasteiger partial charge in [0, 0.05) is 19.8 Å². The molecule has 94 valence electrons. The molecule has 0 aromatic carbocycles. The van der Waals surface area contributed by atoms with Gasteiger partial charge in [0.25, 0.3) is 0 Å². The summed E-state index contributed by atoms with van der Waals surface area (Å²) in [4.78, 5) is 11.9. The van der Waals surface area contributed by atoms with E-state index in [1.807, 2.05) is 11.6 Å². The molecule has 0 aliphatic heterocycles. The van der Waals surface area contributed by atoms with E-state index in [4.69, 9.17) is 0 Å². The molecule has 2 heterocycles. The van der Waals surface area contributed by atoms with E-state index >= 15 is 0 Å². The zero-order chi connectivity index (χ0) is 13.1. The molecule has 0 bridgehead atoms. The fraction of sp³-hybridized carbons (Fsp3) is 0.250. The topological polar surface area (TPSA) is 52.7 Å². The van der Waals surface area contributed by atoms with Crippen molar-refractivity contribution in [2.75, 3.05) is 0 Å². The molecule has 0 fully saturated rings. The lowest BCUT2D eigenvalue weighted by Gasteiger charge is -2.00. The van der Waals surface area contributed by atoms with E-state index in [0.717, 1.165) is 16.7 Å². The molecule has 6 heteroatoms. The summed E-state index contributed by atoms with van der Waals surface area (Å²) < 4.78 is 4.24. The van der Waals surface area contributed by atoms with Crippen LogP contribution in [-0.2, 0) is 13.6 Å². The largest absolute Gasteiger partial charge is 0.288 e. The third-order valence-corrected chi connectivity index (χ3v) is 3.21. The molecule has 0 amide bonds. The number of aryl methyl sites for hydroxylation is 2. The Bertz CT molecular complexity index is 597. The van der Waals surface area contributed by atoms with Crippen molar-refractivity contribution < 1.29 is 4.79 Å². The summed E-state index contributed by atoms with van der Waals surface area (Å²) in [6, 6.07) is 1.69. The van der Waals surface area contributed by atoms with Gasteiger partial charge < -0.3 is 0 Å². The highest BCUT2D eigenvalue weighted by molar-refractivity contribution is 9.10. The van der Waals surface area contributed by atoms with Gasteiger partial charge in [0.05, 0.1) is 16.4 Å². The van der Waals surface area contributed by atoms with Crippen LogP contribution in [0.15, 0.2) is 29.0 Å². The van der Waals surface area contributed by atoms with Crippen LogP contribution in [-0.4, -0.2) is 25.3 Å². The lowest BCUT2D eigenvalue weighted by atomic mass is 10.2. The Balaban J connectivity index is 2.23. The zero-order valence-electron chi connectivity index (χ0n) is 10.2. The van der Waals surface area contributed by atoms with Crippen molar-refractivity contribution in [3.8, 4) is 0 Å². The summed E-state index contributed by atoms with van der Waals surface area (Å²) in [5.41, 5.74) is 1.44. The standard InChI is InChI=1S/C12H13BrN4O/c1-3-17-10(9(13)8-15-17)4-5-12(18)11-6-7-14-16(11)2/h4-8H,3H2,1-2H3/b5-4+. The van der Waals surface area contributed by atoms with Crippen molar-refractivity contribution >= 4 is 27.8 Å². The van der Waals surface area contributed by atoms with Crippen LogP contribution in [0, 0.1) is 0 Å². The smallest absolute Gasteiger partial charge is 0.203 e. The molecule has 0 saturated heterocycles. The number of rotatable bonds is 4. The van der Waals surface area contributed by atoms with Crippen LogP contribution in [0.2, 0.25) is 0 Å². The minimum Gasteiger partial charge on any atom is -0.288 e. The third kappa shape index (κ3) is 2.43. The van der Waals surface area contributed by atoms with Gasteiger partial charge in [0.2, 0.25) is 5.78 Å². The highest BCUT2D eigenvalue weighted by atomic mass is 79.9. The maximum Gasteiger partial charge on any atom is 0.203 e. The third-order valence-electron chi connectivity index (χ3n) is 2.60. The molecule has 2 rings (SSSR count). The Hall–Kier alpha value is -1.69. The number of halogens is 1. The molecule has 0 saturated carbocycles. The number of carbonyl (C=O) groups is 1. The number of aromatic nitrogens is 4. The van der Waals surface area contributed by atoms with Gasteiger partial charge in [-0.15, -0.1) is 0 Å². The summed E-state index contributed by atoms with van der Waals surface area (Å²) in [5.74, 6) is -0.0780. The van der Waals surface area contributed by atoms with E-state index in [-0.39, 0.29) is 5.78 Å². The predicted octanol–water partition coefficient (Wildman–Crippen LogP) is 2.30. The average molecular weight is 309 g/mol. The molecule has 0 spiro atoms. The number of carbonyl (C=O) groups excluding carboxylic acids is 1. The molecule has 2 aromatic rings. The molecule has 2 aromatic heterocycles. The molecule has 0 aliphatic carbocycles. The van der Waals surface area contributed by atoms with Gasteiger partial charge in [-0.3, -0.25) is 14.2 Å². The first-order valence-electron chi connectivity index (χ1n) is 5.55. The summed E-state index contributed by atoms with van der Waals surface area (Å²) in [5, 5.41) is 8.15. The van der Waals surface area contributed by atoms with E-state index < -0.39 is 0 Å². The van der Waals surface area contributed by atoms with Crippen LogP contribution in [0.25, 0.3) is 6.08 Å². The normalized spacial score (nSPS) is 11.3. The van der Waals surface area contributed by atoms with Crippen molar-refractivity contribution in [3.05, 3.63) is 40.4 Å². The van der Waals surface area contributed by atoms with E-state index in [0.29, 0.717) is 5.69 Å². The molecule has 0 aliphatic rings. The highest BCUT2D eigenvalue weighted by Gasteiger charge is 2.08. The monoisotopic (exact) mass is 308 g/mol. The fourth-order valence-electron chi connectivity index (χ4n) is 1.65. The van der Waals surface area contributed by atoms with E-state index in [2.05, 4.69) is 26.1 Å². The van der Waals surface area contributed by atoms with E-state index in [9.17, 15) is 4.79 Å². The summed E-state index contributed by atoms with van der Waals surface area (Å²) in [7, 11) is 1.74. The fourth-order valence-corrected chi connectivity index (χ4v) is 2.07. The first kappa shape index (κ1) is 12.8. The van der Waals surface area contributed by atoms with Crippen molar-refractivity contribution in [1.29, 1.82) is 0 Å². The van der Waals surface area contributed by atoms with Crippen LogP contribution < -0.4 is 0 Å². The summed E-state index contributed by atoms with van der Waals surface area (Å²) >= 11 is 3.41. The second-order valence-electron chi connectivity index (χ2n) is 3.73. The summed E-state index contributed by atoms with van der Waals surface area (Å²) in [6.07, 6.45) is 6.62. The molecule has 0 radical (unpaired) electrons. The number of hydrogen-bond donors (Lipinski definition) is 0. The van der Waals surface area contributed by atoms with Crippen LogP contribution in [0.1, 0.15) is 23.1 Å². The van der Waals surface area contributed by atoms with Gasteiger partial charge >= 0.3 is 0 Å². The highest BCUT2D eigenvalue weighted by Crippen LogP contribution is 2.17. The maximum atomic E-state index is 11.9. The van der Waals surface area contributed by atoms with Crippen molar-refractivity contribution in [1.82, 2.24) is 19.6 Å². The summed E-state index contributed by atoms with van der Waals surface area (Å²) in [6.45, 7) is 2.75. The van der Waals surface area contributed by atoms with Gasteiger partial charge in [-0.05, 0) is 41.1 Å². The average Bonchev–Trinajstić information content (AvgIpc) is 2.92. The van der Waals surface area contributed by atoms with Crippen LogP contribution in [0.4, 0.5) is 0 Å². The first-order valence-corrected chi connectivity index (χ1v) is 6.34. The van der Waals surface area contributed by atoms with Crippen LogP contribution in [0.5, 0.6) is 0 Å².